The van der Waals surface area contributed by atoms with Crippen LogP contribution in [0.3, 0.4) is 0 Å². The molecule has 0 heterocycles. The number of Topliss-reactive ketones (excluding diaryl/α,β-unsaturated/α-hetero) is 1. The summed E-state index contributed by atoms with van der Waals surface area (Å²) in [4.78, 5) is 23.7. The first kappa shape index (κ1) is 19.6. The normalized spacial score (nSPS) is 33.5. The van der Waals surface area contributed by atoms with Crippen molar-refractivity contribution in [2.75, 3.05) is 0 Å². The van der Waals surface area contributed by atoms with Gasteiger partial charge in [0.1, 0.15) is 18.0 Å². The number of aryl methyl sites for hydroxylation is 1. The molecular formula is C24H32O4. The molecule has 28 heavy (non-hydrogen) atoms. The van der Waals surface area contributed by atoms with Gasteiger partial charge in [0.15, 0.2) is 0 Å². The highest BCUT2D eigenvalue weighted by Gasteiger charge is 2.54. The molecule has 4 nitrogen and oxygen atoms in total. The lowest BCUT2D eigenvalue weighted by atomic mass is 9.55. The molecule has 3 aliphatic carbocycles. The molecule has 0 radical (unpaired) electrons. The minimum Gasteiger partial charge on any atom is -0.426 e. The van der Waals surface area contributed by atoms with Crippen LogP contribution in [0, 0.1) is 17.3 Å². The summed E-state index contributed by atoms with van der Waals surface area (Å²) < 4.78 is 5.44. The standard InChI is InChI=1S/C24H32O4/c1-3-4-16(25)14-23(27)28-17-6-8-18-15(13-17)5-7-20-19(18)11-12-24(2)21(20)9-10-22(24)26/h6,8,13,19-22,26H,3-5,7,9-12,14H2,1-2H3/t19-,20-,21+,22+,24+/m1/s1. The number of hydrogen-bond donors (Lipinski definition) is 1. The average Bonchev–Trinajstić information content (AvgIpc) is 2.96. The Balaban J connectivity index is 1.47. The zero-order chi connectivity index (χ0) is 19.9. The fourth-order valence-electron chi connectivity index (χ4n) is 6.29. The van der Waals surface area contributed by atoms with Crippen molar-refractivity contribution in [1.82, 2.24) is 0 Å². The summed E-state index contributed by atoms with van der Waals surface area (Å²) in [5.41, 5.74) is 2.79. The molecule has 4 rings (SSSR count). The molecule has 1 aromatic rings. The Morgan fingerprint density at radius 2 is 2.04 bits per heavy atom. The highest BCUT2D eigenvalue weighted by atomic mass is 16.5. The molecule has 1 N–H and O–H groups in total. The molecule has 0 unspecified atom stereocenters. The van der Waals surface area contributed by atoms with Crippen molar-refractivity contribution in [3.05, 3.63) is 29.3 Å². The van der Waals surface area contributed by atoms with E-state index in [2.05, 4.69) is 13.0 Å². The van der Waals surface area contributed by atoms with E-state index in [4.69, 9.17) is 4.74 Å². The zero-order valence-electron chi connectivity index (χ0n) is 17.1. The molecule has 5 atom stereocenters. The van der Waals surface area contributed by atoms with Crippen LogP contribution >= 0.6 is 0 Å². The van der Waals surface area contributed by atoms with Gasteiger partial charge in [0.2, 0.25) is 0 Å². The first-order chi connectivity index (χ1) is 13.4. The zero-order valence-corrected chi connectivity index (χ0v) is 17.1. The summed E-state index contributed by atoms with van der Waals surface area (Å²) in [5.74, 6) is 1.88. The van der Waals surface area contributed by atoms with Gasteiger partial charge in [0, 0.05) is 6.42 Å². The number of aliphatic hydroxyl groups is 1. The van der Waals surface area contributed by atoms with Crippen molar-refractivity contribution in [3.8, 4) is 5.75 Å². The number of esters is 1. The summed E-state index contributed by atoms with van der Waals surface area (Å²) in [7, 11) is 0. The molecule has 0 saturated heterocycles. The van der Waals surface area contributed by atoms with E-state index in [-0.39, 0.29) is 23.7 Å². The average molecular weight is 385 g/mol. The summed E-state index contributed by atoms with van der Waals surface area (Å²) in [6.07, 6.45) is 7.37. The summed E-state index contributed by atoms with van der Waals surface area (Å²) in [6.45, 7) is 4.23. The number of ketones is 1. The van der Waals surface area contributed by atoms with E-state index in [1.54, 1.807) is 0 Å². The van der Waals surface area contributed by atoms with E-state index in [0.29, 0.717) is 29.9 Å². The van der Waals surface area contributed by atoms with E-state index < -0.39 is 5.97 Å². The summed E-state index contributed by atoms with van der Waals surface area (Å²) in [6, 6.07) is 6.03. The maximum atomic E-state index is 12.0. The molecule has 152 valence electrons. The van der Waals surface area contributed by atoms with Crippen molar-refractivity contribution < 1.29 is 19.4 Å². The number of carbonyl (C=O) groups is 2. The van der Waals surface area contributed by atoms with Gasteiger partial charge in [-0.15, -0.1) is 0 Å². The molecule has 2 saturated carbocycles. The Hall–Kier alpha value is -1.68. The lowest BCUT2D eigenvalue weighted by Crippen LogP contribution is -2.43. The number of ether oxygens (including phenoxy) is 1. The Bertz CT molecular complexity index is 770. The highest BCUT2D eigenvalue weighted by molar-refractivity contribution is 5.96. The van der Waals surface area contributed by atoms with Gasteiger partial charge < -0.3 is 9.84 Å². The number of rotatable bonds is 5. The predicted molar refractivity (Wildman–Crippen MR) is 107 cm³/mol. The van der Waals surface area contributed by atoms with Gasteiger partial charge in [0.05, 0.1) is 6.10 Å². The third kappa shape index (κ3) is 3.41. The smallest absolute Gasteiger partial charge is 0.318 e. The Morgan fingerprint density at radius 3 is 2.82 bits per heavy atom. The molecule has 3 aliphatic rings. The van der Waals surface area contributed by atoms with Crippen LogP contribution in [0.2, 0.25) is 0 Å². The third-order valence-electron chi connectivity index (χ3n) is 7.75. The van der Waals surface area contributed by atoms with Crippen molar-refractivity contribution >= 4 is 11.8 Å². The van der Waals surface area contributed by atoms with Crippen LogP contribution in [-0.4, -0.2) is 23.0 Å². The fraction of sp³-hybridized carbons (Fsp3) is 0.667. The lowest BCUT2D eigenvalue weighted by molar-refractivity contribution is -0.138. The van der Waals surface area contributed by atoms with E-state index in [9.17, 15) is 14.7 Å². The summed E-state index contributed by atoms with van der Waals surface area (Å²) >= 11 is 0. The lowest BCUT2D eigenvalue weighted by Gasteiger charge is -2.50. The molecule has 2 fully saturated rings. The van der Waals surface area contributed by atoms with Crippen molar-refractivity contribution in [2.24, 2.45) is 17.3 Å². The quantitative estimate of drug-likeness (QED) is 0.459. The maximum absolute atomic E-state index is 12.0. The largest absolute Gasteiger partial charge is 0.426 e. The fourth-order valence-corrected chi connectivity index (χ4v) is 6.29. The number of aliphatic hydroxyl groups excluding tert-OH is 1. The minimum absolute atomic E-state index is 0.0580. The van der Waals surface area contributed by atoms with Crippen LogP contribution in [0.1, 0.15) is 82.3 Å². The first-order valence-electron chi connectivity index (χ1n) is 11.0. The number of benzene rings is 1. The monoisotopic (exact) mass is 384 g/mol. The van der Waals surface area contributed by atoms with E-state index in [0.717, 1.165) is 44.9 Å². The summed E-state index contributed by atoms with van der Waals surface area (Å²) in [5, 5.41) is 10.5. The highest BCUT2D eigenvalue weighted by Crippen LogP contribution is 2.60. The minimum atomic E-state index is -0.458. The molecule has 4 heteroatoms. The van der Waals surface area contributed by atoms with Gasteiger partial charge in [0.25, 0.3) is 0 Å². The van der Waals surface area contributed by atoms with Gasteiger partial charge in [-0.25, -0.2) is 0 Å². The van der Waals surface area contributed by atoms with Gasteiger partial charge in [-0.2, -0.15) is 0 Å². The molecule has 0 aromatic heterocycles. The second-order valence-corrected chi connectivity index (χ2v) is 9.35. The van der Waals surface area contributed by atoms with Gasteiger partial charge in [-0.1, -0.05) is 19.9 Å². The molecule has 0 bridgehead atoms. The van der Waals surface area contributed by atoms with Crippen LogP contribution in [0.15, 0.2) is 18.2 Å². The molecular weight excluding hydrogens is 352 g/mol. The van der Waals surface area contributed by atoms with Crippen LogP contribution in [0.4, 0.5) is 0 Å². The molecule has 0 spiro atoms. The van der Waals surface area contributed by atoms with Crippen molar-refractivity contribution in [3.63, 3.8) is 0 Å². The van der Waals surface area contributed by atoms with Crippen molar-refractivity contribution in [1.29, 1.82) is 0 Å². The van der Waals surface area contributed by atoms with Gasteiger partial charge >= 0.3 is 5.97 Å². The Kier molecular flexibility index (Phi) is 5.34. The van der Waals surface area contributed by atoms with E-state index in [1.807, 2.05) is 19.1 Å². The molecule has 1 aromatic carbocycles. The van der Waals surface area contributed by atoms with Crippen LogP contribution in [0.5, 0.6) is 5.75 Å². The van der Waals surface area contributed by atoms with Crippen molar-refractivity contribution in [2.45, 2.75) is 83.7 Å². The number of fused-ring (bicyclic) bond motifs is 5. The number of hydrogen-bond acceptors (Lipinski definition) is 4. The Morgan fingerprint density at radius 1 is 1.21 bits per heavy atom. The molecule has 0 aliphatic heterocycles. The second-order valence-electron chi connectivity index (χ2n) is 9.35. The maximum Gasteiger partial charge on any atom is 0.318 e. The third-order valence-corrected chi connectivity index (χ3v) is 7.75. The van der Waals surface area contributed by atoms with Crippen LogP contribution < -0.4 is 4.74 Å². The SMILES string of the molecule is CCCC(=O)CC(=O)Oc1ccc2c(c1)CC[C@@H]1[C@@H]2CC[C@]2(C)[C@@H](O)CC[C@@H]12. The second kappa shape index (κ2) is 7.62. The van der Waals surface area contributed by atoms with Crippen LogP contribution in [0.25, 0.3) is 0 Å². The Labute approximate surface area is 167 Å². The predicted octanol–water partition coefficient (Wildman–Crippen LogP) is 4.57. The van der Waals surface area contributed by atoms with Gasteiger partial charge in [-0.3, -0.25) is 9.59 Å². The topological polar surface area (TPSA) is 63.6 Å². The van der Waals surface area contributed by atoms with Crippen LogP contribution in [-0.2, 0) is 16.0 Å². The first-order valence-corrected chi connectivity index (χ1v) is 11.0. The number of carbonyl (C=O) groups excluding carboxylic acids is 2. The van der Waals surface area contributed by atoms with E-state index >= 15 is 0 Å². The van der Waals surface area contributed by atoms with Gasteiger partial charge in [-0.05, 0) is 91.4 Å². The molecule has 0 amide bonds. The van der Waals surface area contributed by atoms with E-state index in [1.165, 1.54) is 11.1 Å².